The van der Waals surface area contributed by atoms with Crippen molar-refractivity contribution in [3.63, 3.8) is 0 Å². The van der Waals surface area contributed by atoms with Crippen LogP contribution in [0.4, 0.5) is 15.9 Å². The fourth-order valence-corrected chi connectivity index (χ4v) is 4.21. The predicted molar refractivity (Wildman–Crippen MR) is 128 cm³/mol. The third-order valence-corrected chi connectivity index (χ3v) is 5.77. The number of nitriles is 1. The Balaban J connectivity index is 1.76. The lowest BCUT2D eigenvalue weighted by molar-refractivity contribution is -0.444. The van der Waals surface area contributed by atoms with Crippen molar-refractivity contribution in [3.8, 4) is 17.3 Å². The van der Waals surface area contributed by atoms with Gasteiger partial charge in [-0.15, -0.1) is 4.68 Å². The Labute approximate surface area is 196 Å². The van der Waals surface area contributed by atoms with Crippen LogP contribution in [-0.4, -0.2) is 30.8 Å². The number of para-hydroxylation sites is 1. The van der Waals surface area contributed by atoms with E-state index >= 15 is 0 Å². The van der Waals surface area contributed by atoms with Gasteiger partial charge < -0.3 is 5.73 Å². The zero-order chi connectivity index (χ0) is 23.8. The number of nitrogens with two attached hydrogens (primary N) is 1. The molecule has 0 spiro atoms. The highest BCUT2D eigenvalue weighted by Crippen LogP contribution is 2.35. The molecular weight excluding hydrogens is 429 g/mol. The van der Waals surface area contributed by atoms with Gasteiger partial charge >= 0.3 is 5.84 Å². The van der Waals surface area contributed by atoms with Gasteiger partial charge in [-0.1, -0.05) is 23.3 Å². The minimum Gasteiger partial charge on any atom is -0.383 e. The predicted octanol–water partition coefficient (Wildman–Crippen LogP) is 4.61. The van der Waals surface area contributed by atoms with Gasteiger partial charge in [0.2, 0.25) is 0 Å². The third kappa shape index (κ3) is 3.63. The van der Waals surface area contributed by atoms with E-state index in [9.17, 15) is 9.65 Å². The average Bonchev–Trinajstić information content (AvgIpc) is 3.42. The average molecular weight is 451 g/mol. The van der Waals surface area contributed by atoms with E-state index < -0.39 is 0 Å². The molecule has 0 saturated heterocycles. The summed E-state index contributed by atoms with van der Waals surface area (Å²) >= 11 is 0. The molecule has 34 heavy (non-hydrogen) atoms. The minimum atomic E-state index is -0.382. The standard InChI is InChI=1S/C26H21FN7/c1-16-14-33(15-30-16)26-24(17(2)32-34(26)20-6-4-3-5-7-20)21-12-23(31-25(29)22(21)13-28)18-8-10-19(27)11-9-18/h3-12,14-15,24H,1-2H3,(H2,29,31)/q+1. The Morgan fingerprint density at radius 2 is 1.82 bits per heavy atom. The van der Waals surface area contributed by atoms with Crippen molar-refractivity contribution in [2.75, 3.05) is 5.73 Å². The summed E-state index contributed by atoms with van der Waals surface area (Å²) in [6.07, 6.45) is 3.66. The van der Waals surface area contributed by atoms with Crippen LogP contribution >= 0.6 is 0 Å². The number of anilines is 1. The van der Waals surface area contributed by atoms with E-state index in [0.717, 1.165) is 22.9 Å². The molecule has 1 unspecified atom stereocenters. The summed E-state index contributed by atoms with van der Waals surface area (Å²) in [5.74, 6) is 0.199. The summed E-state index contributed by atoms with van der Waals surface area (Å²) in [6.45, 7) is 3.84. The zero-order valence-electron chi connectivity index (χ0n) is 18.6. The van der Waals surface area contributed by atoms with Gasteiger partial charge in [0.25, 0.3) is 0 Å². The molecule has 2 N–H and O–H groups in total. The Bertz CT molecular complexity index is 1490. The van der Waals surface area contributed by atoms with Gasteiger partial charge in [-0.2, -0.15) is 9.83 Å². The van der Waals surface area contributed by atoms with Crippen LogP contribution in [0.15, 0.2) is 78.3 Å². The molecule has 166 valence electrons. The molecule has 0 fully saturated rings. The zero-order valence-corrected chi connectivity index (χ0v) is 18.6. The SMILES string of the molecule is CC1=N[N+](c2ccccc2)=C(n2cnc(C)c2)C1c1cc(-c2ccc(F)cc2)nc(N)c1C#N. The fraction of sp³-hybridized carbons (Fsp3) is 0.115. The summed E-state index contributed by atoms with van der Waals surface area (Å²) < 4.78 is 17.3. The number of pyridine rings is 1. The molecule has 0 amide bonds. The van der Waals surface area contributed by atoms with Gasteiger partial charge in [0.05, 0.1) is 22.7 Å². The molecule has 1 aliphatic heterocycles. The van der Waals surface area contributed by atoms with E-state index in [-0.39, 0.29) is 23.1 Å². The lowest BCUT2D eigenvalue weighted by Gasteiger charge is -2.15. The van der Waals surface area contributed by atoms with E-state index in [0.29, 0.717) is 16.8 Å². The van der Waals surface area contributed by atoms with Crippen molar-refractivity contribution in [2.24, 2.45) is 5.10 Å². The Morgan fingerprint density at radius 3 is 2.47 bits per heavy atom. The summed E-state index contributed by atoms with van der Waals surface area (Å²) in [6, 6.07) is 19.9. The number of hydrogen-bond donors (Lipinski definition) is 1. The number of rotatable bonds is 3. The van der Waals surface area contributed by atoms with Crippen molar-refractivity contribution in [1.82, 2.24) is 14.5 Å². The van der Waals surface area contributed by atoms with E-state index in [1.165, 1.54) is 12.1 Å². The minimum absolute atomic E-state index is 0.117. The van der Waals surface area contributed by atoms with Crippen LogP contribution in [0, 0.1) is 24.1 Å². The van der Waals surface area contributed by atoms with Gasteiger partial charge in [-0.3, -0.25) is 0 Å². The molecule has 0 bridgehead atoms. The highest BCUT2D eigenvalue weighted by Gasteiger charge is 2.40. The molecule has 0 radical (unpaired) electrons. The molecule has 2 aromatic carbocycles. The molecule has 2 aromatic heterocycles. The monoisotopic (exact) mass is 450 g/mol. The summed E-state index contributed by atoms with van der Waals surface area (Å²) in [5, 5.41) is 14.8. The van der Waals surface area contributed by atoms with E-state index in [4.69, 9.17) is 10.8 Å². The van der Waals surface area contributed by atoms with Crippen LogP contribution in [0.1, 0.15) is 29.7 Å². The second kappa shape index (κ2) is 8.37. The third-order valence-electron chi connectivity index (χ3n) is 5.77. The Morgan fingerprint density at radius 1 is 1.09 bits per heavy atom. The molecule has 3 heterocycles. The first-order valence-corrected chi connectivity index (χ1v) is 10.7. The highest BCUT2D eigenvalue weighted by atomic mass is 19.1. The number of nitrogen functional groups attached to an aromatic ring is 1. The summed E-state index contributed by atoms with van der Waals surface area (Å²) in [4.78, 5) is 8.83. The molecule has 5 rings (SSSR count). The van der Waals surface area contributed by atoms with Gasteiger partial charge in [0, 0.05) is 5.56 Å². The van der Waals surface area contributed by atoms with Crippen LogP contribution < -0.4 is 5.73 Å². The smallest absolute Gasteiger partial charge is 0.301 e. The molecule has 7 nitrogen and oxygen atoms in total. The van der Waals surface area contributed by atoms with Crippen molar-refractivity contribution in [3.05, 3.63) is 95.8 Å². The highest BCUT2D eigenvalue weighted by molar-refractivity contribution is 6.12. The van der Waals surface area contributed by atoms with Gasteiger partial charge in [-0.25, -0.2) is 14.4 Å². The van der Waals surface area contributed by atoms with Gasteiger partial charge in [0.1, 0.15) is 29.8 Å². The molecule has 8 heteroatoms. The van der Waals surface area contributed by atoms with Crippen molar-refractivity contribution in [2.45, 2.75) is 19.8 Å². The molecule has 0 saturated carbocycles. The van der Waals surface area contributed by atoms with Crippen molar-refractivity contribution < 1.29 is 9.07 Å². The number of aryl methyl sites for hydroxylation is 1. The number of hydrazone groups is 1. The van der Waals surface area contributed by atoms with E-state index in [1.807, 2.05) is 65.7 Å². The van der Waals surface area contributed by atoms with Crippen LogP contribution in [0.3, 0.4) is 0 Å². The van der Waals surface area contributed by atoms with Crippen LogP contribution in [0.5, 0.6) is 0 Å². The lowest BCUT2D eigenvalue weighted by Crippen LogP contribution is -2.27. The molecular formula is C26H21FN7+. The first-order valence-electron chi connectivity index (χ1n) is 10.7. The summed E-state index contributed by atoms with van der Waals surface area (Å²) in [7, 11) is 0. The lowest BCUT2D eigenvalue weighted by atomic mass is 9.89. The Hall–Kier alpha value is -4.64. The molecule has 0 aliphatic carbocycles. The topological polar surface area (TPSA) is 95.9 Å². The van der Waals surface area contributed by atoms with Crippen LogP contribution in [-0.2, 0) is 0 Å². The van der Waals surface area contributed by atoms with Gasteiger partial charge in [-0.05, 0) is 61.9 Å². The maximum Gasteiger partial charge on any atom is 0.301 e. The van der Waals surface area contributed by atoms with E-state index in [1.54, 1.807) is 18.5 Å². The Kier molecular flexibility index (Phi) is 5.22. The number of aromatic nitrogens is 3. The van der Waals surface area contributed by atoms with E-state index in [2.05, 4.69) is 16.0 Å². The maximum absolute atomic E-state index is 13.5. The fourth-order valence-electron chi connectivity index (χ4n) is 4.21. The number of benzene rings is 2. The quantitative estimate of drug-likeness (QED) is 0.461. The number of halogens is 1. The first-order chi connectivity index (χ1) is 16.5. The van der Waals surface area contributed by atoms with Gasteiger partial charge in [0.15, 0.2) is 12.0 Å². The number of nitrogens with zero attached hydrogens (tertiary/aromatic N) is 6. The molecule has 1 atom stereocenters. The second-order valence-corrected chi connectivity index (χ2v) is 8.08. The maximum atomic E-state index is 13.5. The first kappa shape index (κ1) is 21.2. The molecule has 1 aliphatic rings. The molecule has 4 aromatic rings. The number of hydrogen-bond acceptors (Lipinski definition) is 5. The second-order valence-electron chi connectivity index (χ2n) is 8.08. The van der Waals surface area contributed by atoms with Crippen LogP contribution in [0.2, 0.25) is 0 Å². The van der Waals surface area contributed by atoms with Crippen molar-refractivity contribution >= 4 is 23.1 Å². The normalized spacial score (nSPS) is 15.4. The summed E-state index contributed by atoms with van der Waals surface area (Å²) in [5.41, 5.74) is 11.0. The largest absolute Gasteiger partial charge is 0.383 e. The number of imidazole rings is 1. The van der Waals surface area contributed by atoms with Crippen molar-refractivity contribution in [1.29, 1.82) is 5.26 Å². The van der Waals surface area contributed by atoms with Crippen LogP contribution in [0.25, 0.3) is 11.3 Å².